The highest BCUT2D eigenvalue weighted by molar-refractivity contribution is 9.10. The molecular formula is C19H23BrN4. The highest BCUT2D eigenvalue weighted by atomic mass is 79.9. The number of hydrogen-bond acceptors (Lipinski definition) is 4. The van der Waals surface area contributed by atoms with Gasteiger partial charge in [0.2, 0.25) is 0 Å². The van der Waals surface area contributed by atoms with E-state index < -0.39 is 0 Å². The Morgan fingerprint density at radius 2 is 2.04 bits per heavy atom. The molecule has 0 amide bonds. The van der Waals surface area contributed by atoms with Crippen LogP contribution in [-0.4, -0.2) is 34.0 Å². The minimum atomic E-state index is 0.461. The van der Waals surface area contributed by atoms with E-state index in [-0.39, 0.29) is 0 Å². The summed E-state index contributed by atoms with van der Waals surface area (Å²) in [5.41, 5.74) is 1.36. The quantitative estimate of drug-likeness (QED) is 0.835. The highest BCUT2D eigenvalue weighted by Gasteiger charge is 2.27. The predicted molar refractivity (Wildman–Crippen MR) is 100 cm³/mol. The Morgan fingerprint density at radius 3 is 2.88 bits per heavy atom. The number of likely N-dealkylation sites (tertiary alicyclic amines) is 1. The zero-order chi connectivity index (χ0) is 16.4. The predicted octanol–water partition coefficient (Wildman–Crippen LogP) is 4.19. The van der Waals surface area contributed by atoms with Crippen LogP contribution in [-0.2, 0) is 6.54 Å². The Bertz CT molecular complexity index is 701. The summed E-state index contributed by atoms with van der Waals surface area (Å²) in [5.74, 6) is 2.60. The molecule has 1 saturated heterocycles. The van der Waals surface area contributed by atoms with Crippen molar-refractivity contribution < 1.29 is 0 Å². The van der Waals surface area contributed by atoms with E-state index in [9.17, 15) is 0 Å². The summed E-state index contributed by atoms with van der Waals surface area (Å²) in [7, 11) is 0. The Hall–Kier alpha value is -1.46. The molecule has 1 aromatic carbocycles. The molecule has 0 radical (unpaired) electrons. The Balaban J connectivity index is 1.38. The molecule has 1 aromatic heterocycles. The summed E-state index contributed by atoms with van der Waals surface area (Å²) in [6, 6.07) is 11.0. The molecule has 24 heavy (non-hydrogen) atoms. The summed E-state index contributed by atoms with van der Waals surface area (Å²) in [6.45, 7) is 3.22. The summed E-state index contributed by atoms with van der Waals surface area (Å²) < 4.78 is 1.20. The van der Waals surface area contributed by atoms with Crippen molar-refractivity contribution in [3.05, 3.63) is 52.4 Å². The Labute approximate surface area is 151 Å². The summed E-state index contributed by atoms with van der Waals surface area (Å²) in [5, 5.41) is 3.63. The molecule has 2 aromatic rings. The second-order valence-electron chi connectivity index (χ2n) is 6.88. The fraction of sp³-hybridized carbons (Fsp3) is 0.474. The average Bonchev–Trinajstić information content (AvgIpc) is 3.43. The molecule has 4 nitrogen and oxygen atoms in total. The molecule has 2 aliphatic rings. The van der Waals surface area contributed by atoms with Crippen LogP contribution >= 0.6 is 15.9 Å². The van der Waals surface area contributed by atoms with Gasteiger partial charge < -0.3 is 5.32 Å². The third-order valence-corrected chi connectivity index (χ3v) is 5.60. The Morgan fingerprint density at radius 1 is 1.17 bits per heavy atom. The van der Waals surface area contributed by atoms with Crippen molar-refractivity contribution in [2.75, 3.05) is 18.4 Å². The van der Waals surface area contributed by atoms with Crippen molar-refractivity contribution in [2.45, 2.75) is 44.2 Å². The summed E-state index contributed by atoms with van der Waals surface area (Å²) in [4.78, 5) is 11.6. The van der Waals surface area contributed by atoms with E-state index in [0.29, 0.717) is 12.0 Å². The molecule has 0 spiro atoms. The fourth-order valence-corrected chi connectivity index (χ4v) is 3.80. The van der Waals surface area contributed by atoms with Crippen molar-refractivity contribution in [2.24, 2.45) is 0 Å². The van der Waals surface area contributed by atoms with E-state index in [1.807, 2.05) is 12.3 Å². The molecule has 1 unspecified atom stereocenters. The van der Waals surface area contributed by atoms with Crippen molar-refractivity contribution in [1.82, 2.24) is 14.9 Å². The van der Waals surface area contributed by atoms with Gasteiger partial charge in [-0.15, -0.1) is 0 Å². The van der Waals surface area contributed by atoms with Crippen LogP contribution in [0.5, 0.6) is 0 Å². The van der Waals surface area contributed by atoms with Crippen LogP contribution in [0.3, 0.4) is 0 Å². The van der Waals surface area contributed by atoms with E-state index in [2.05, 4.69) is 55.4 Å². The maximum absolute atomic E-state index is 4.70. The first-order valence-corrected chi connectivity index (χ1v) is 9.62. The van der Waals surface area contributed by atoms with Crippen molar-refractivity contribution in [1.29, 1.82) is 0 Å². The number of nitrogens with one attached hydrogen (secondary N) is 1. The van der Waals surface area contributed by atoms with Gasteiger partial charge in [0.1, 0.15) is 11.6 Å². The van der Waals surface area contributed by atoms with Crippen LogP contribution < -0.4 is 5.32 Å². The number of rotatable bonds is 5. The molecule has 2 heterocycles. The van der Waals surface area contributed by atoms with Crippen LogP contribution in [0.2, 0.25) is 0 Å². The number of anilines is 1. The van der Waals surface area contributed by atoms with Gasteiger partial charge in [-0.2, -0.15) is 0 Å². The van der Waals surface area contributed by atoms with Gasteiger partial charge in [0, 0.05) is 35.7 Å². The van der Waals surface area contributed by atoms with Crippen molar-refractivity contribution in [3.8, 4) is 0 Å². The van der Waals surface area contributed by atoms with Crippen molar-refractivity contribution >= 4 is 21.7 Å². The maximum atomic E-state index is 4.70. The monoisotopic (exact) mass is 386 g/mol. The number of benzene rings is 1. The maximum Gasteiger partial charge on any atom is 0.133 e. The molecule has 1 saturated carbocycles. The minimum absolute atomic E-state index is 0.461. The summed E-state index contributed by atoms with van der Waals surface area (Å²) >= 11 is 3.66. The van der Waals surface area contributed by atoms with Gasteiger partial charge in [-0.1, -0.05) is 34.1 Å². The molecule has 2 fully saturated rings. The van der Waals surface area contributed by atoms with Crippen LogP contribution in [0, 0.1) is 0 Å². The van der Waals surface area contributed by atoms with E-state index >= 15 is 0 Å². The SMILES string of the molecule is Brc1ccccc1CN1CCCC(Nc2ccnc(C3CC3)n2)C1. The largest absolute Gasteiger partial charge is 0.366 e. The van der Waals surface area contributed by atoms with Gasteiger partial charge in [-0.05, 0) is 49.9 Å². The first-order valence-electron chi connectivity index (χ1n) is 8.83. The van der Waals surface area contributed by atoms with E-state index in [0.717, 1.165) is 31.3 Å². The smallest absolute Gasteiger partial charge is 0.133 e. The molecule has 1 aliphatic heterocycles. The zero-order valence-electron chi connectivity index (χ0n) is 13.8. The summed E-state index contributed by atoms with van der Waals surface area (Å²) in [6.07, 6.45) is 6.81. The minimum Gasteiger partial charge on any atom is -0.366 e. The topological polar surface area (TPSA) is 41.0 Å². The first-order chi connectivity index (χ1) is 11.8. The van der Waals surface area contributed by atoms with Gasteiger partial charge in [-0.25, -0.2) is 9.97 Å². The molecule has 126 valence electrons. The van der Waals surface area contributed by atoms with Crippen molar-refractivity contribution in [3.63, 3.8) is 0 Å². The average molecular weight is 387 g/mol. The number of nitrogens with zero attached hydrogens (tertiary/aromatic N) is 3. The third-order valence-electron chi connectivity index (χ3n) is 4.83. The van der Waals surface area contributed by atoms with Gasteiger partial charge in [0.05, 0.1) is 0 Å². The number of hydrogen-bond donors (Lipinski definition) is 1. The lowest BCUT2D eigenvalue weighted by Crippen LogP contribution is -2.41. The lowest BCUT2D eigenvalue weighted by molar-refractivity contribution is 0.208. The second-order valence-corrected chi connectivity index (χ2v) is 7.74. The fourth-order valence-electron chi connectivity index (χ4n) is 3.39. The van der Waals surface area contributed by atoms with Crippen LogP contribution in [0.4, 0.5) is 5.82 Å². The second kappa shape index (κ2) is 7.19. The molecule has 1 atom stereocenters. The lowest BCUT2D eigenvalue weighted by Gasteiger charge is -2.33. The van der Waals surface area contributed by atoms with Gasteiger partial charge in [-0.3, -0.25) is 4.90 Å². The number of piperidine rings is 1. The van der Waals surface area contributed by atoms with Crippen LogP contribution in [0.1, 0.15) is 43.0 Å². The third kappa shape index (κ3) is 3.95. The first kappa shape index (κ1) is 16.0. The van der Waals surface area contributed by atoms with Gasteiger partial charge in [0.25, 0.3) is 0 Å². The van der Waals surface area contributed by atoms with Gasteiger partial charge >= 0.3 is 0 Å². The molecule has 0 bridgehead atoms. The zero-order valence-corrected chi connectivity index (χ0v) is 15.4. The van der Waals surface area contributed by atoms with Gasteiger partial charge in [0.15, 0.2) is 0 Å². The number of halogens is 1. The molecular weight excluding hydrogens is 364 g/mol. The van der Waals surface area contributed by atoms with E-state index in [4.69, 9.17) is 4.98 Å². The Kier molecular flexibility index (Phi) is 4.81. The molecule has 1 N–H and O–H groups in total. The van der Waals surface area contributed by atoms with Crippen LogP contribution in [0.25, 0.3) is 0 Å². The van der Waals surface area contributed by atoms with E-state index in [1.165, 1.54) is 35.7 Å². The number of aromatic nitrogens is 2. The normalized spacial score (nSPS) is 21.6. The molecule has 4 rings (SSSR count). The standard InChI is InChI=1S/C19H23BrN4/c20-17-6-2-1-4-15(17)12-24-11-3-5-16(13-24)22-18-9-10-21-19(23-18)14-7-8-14/h1-2,4,6,9-10,14,16H,3,5,7-8,11-13H2,(H,21,22,23). The lowest BCUT2D eigenvalue weighted by atomic mass is 10.0. The molecule has 5 heteroatoms. The molecule has 1 aliphatic carbocycles. The van der Waals surface area contributed by atoms with Crippen LogP contribution in [0.15, 0.2) is 41.0 Å². The van der Waals surface area contributed by atoms with E-state index in [1.54, 1.807) is 0 Å². The highest BCUT2D eigenvalue weighted by Crippen LogP contribution is 2.38.